The lowest BCUT2D eigenvalue weighted by atomic mass is 10.1. The van der Waals surface area contributed by atoms with Crippen LogP contribution in [0.1, 0.15) is 22.0 Å². The van der Waals surface area contributed by atoms with Crippen molar-refractivity contribution in [3.63, 3.8) is 0 Å². The van der Waals surface area contributed by atoms with E-state index < -0.39 is 0 Å². The molecule has 126 valence electrons. The number of hydrogen-bond acceptors (Lipinski definition) is 4. The second-order valence-electron chi connectivity index (χ2n) is 5.18. The highest BCUT2D eigenvalue weighted by molar-refractivity contribution is 7.10. The standard InChI is InChI=1S/C19H19NO2S.ClH/c1-21-17-12-15(19(20)18-8-5-11-23-18)9-10-16(17)22-13-14-6-3-2-4-7-14;/h2-12,19H,13,20H2,1H3;1H/t19-;/m0./s1. The average Bonchev–Trinajstić information content (AvgIpc) is 3.14. The molecule has 0 aliphatic carbocycles. The van der Waals surface area contributed by atoms with Crippen LogP contribution in [0.15, 0.2) is 66.0 Å². The van der Waals surface area contributed by atoms with Crippen molar-refractivity contribution in [2.45, 2.75) is 12.6 Å². The molecule has 0 unspecified atom stereocenters. The second-order valence-corrected chi connectivity index (χ2v) is 6.16. The molecule has 0 radical (unpaired) electrons. The van der Waals surface area contributed by atoms with Gasteiger partial charge in [0.1, 0.15) is 6.61 Å². The third-order valence-electron chi connectivity index (χ3n) is 3.63. The third kappa shape index (κ3) is 4.29. The van der Waals surface area contributed by atoms with Crippen LogP contribution in [0.25, 0.3) is 0 Å². The van der Waals surface area contributed by atoms with E-state index in [0.29, 0.717) is 12.4 Å². The summed E-state index contributed by atoms with van der Waals surface area (Å²) in [6.07, 6.45) is 0. The van der Waals surface area contributed by atoms with E-state index in [0.717, 1.165) is 21.8 Å². The average molecular weight is 362 g/mol. The number of hydrogen-bond donors (Lipinski definition) is 1. The number of benzene rings is 2. The molecule has 1 atom stereocenters. The molecule has 1 heterocycles. The lowest BCUT2D eigenvalue weighted by Crippen LogP contribution is -2.10. The van der Waals surface area contributed by atoms with Crippen molar-refractivity contribution in [1.29, 1.82) is 0 Å². The summed E-state index contributed by atoms with van der Waals surface area (Å²) >= 11 is 1.65. The van der Waals surface area contributed by atoms with Crippen LogP contribution in [0.2, 0.25) is 0 Å². The van der Waals surface area contributed by atoms with Gasteiger partial charge in [-0.05, 0) is 34.7 Å². The van der Waals surface area contributed by atoms with Gasteiger partial charge in [-0.25, -0.2) is 0 Å². The predicted molar refractivity (Wildman–Crippen MR) is 101 cm³/mol. The van der Waals surface area contributed by atoms with E-state index in [1.807, 2.05) is 66.0 Å². The molecule has 2 aromatic carbocycles. The van der Waals surface area contributed by atoms with Crippen molar-refractivity contribution >= 4 is 23.7 Å². The van der Waals surface area contributed by atoms with Gasteiger partial charge in [-0.1, -0.05) is 42.5 Å². The summed E-state index contributed by atoms with van der Waals surface area (Å²) < 4.78 is 11.3. The summed E-state index contributed by atoms with van der Waals surface area (Å²) in [6, 6.07) is 19.8. The maximum absolute atomic E-state index is 6.31. The normalized spacial score (nSPS) is 11.4. The first-order chi connectivity index (χ1) is 11.3. The van der Waals surface area contributed by atoms with E-state index in [2.05, 4.69) is 0 Å². The molecule has 3 nitrogen and oxygen atoms in total. The monoisotopic (exact) mass is 361 g/mol. The van der Waals surface area contributed by atoms with E-state index in [1.165, 1.54) is 0 Å². The molecular formula is C19H20ClNO2S. The number of ether oxygens (including phenoxy) is 2. The fourth-order valence-electron chi connectivity index (χ4n) is 2.36. The Morgan fingerprint density at radius 3 is 2.46 bits per heavy atom. The van der Waals surface area contributed by atoms with E-state index >= 15 is 0 Å². The highest BCUT2D eigenvalue weighted by Crippen LogP contribution is 2.33. The Kier molecular flexibility index (Phi) is 6.67. The van der Waals surface area contributed by atoms with Gasteiger partial charge in [0.2, 0.25) is 0 Å². The summed E-state index contributed by atoms with van der Waals surface area (Å²) in [7, 11) is 1.64. The molecule has 24 heavy (non-hydrogen) atoms. The molecule has 2 N–H and O–H groups in total. The number of thiophene rings is 1. The molecule has 3 aromatic rings. The maximum atomic E-state index is 6.31. The molecule has 0 aliphatic rings. The van der Waals surface area contributed by atoms with Crippen molar-refractivity contribution in [3.8, 4) is 11.5 Å². The summed E-state index contributed by atoms with van der Waals surface area (Å²) in [5.41, 5.74) is 8.44. The number of nitrogens with two attached hydrogens (primary N) is 1. The Hall–Kier alpha value is -2.01. The molecule has 0 saturated heterocycles. The summed E-state index contributed by atoms with van der Waals surface area (Å²) in [5.74, 6) is 1.42. The zero-order valence-corrected chi connectivity index (χ0v) is 15.0. The molecular weight excluding hydrogens is 342 g/mol. The van der Waals surface area contributed by atoms with E-state index in [9.17, 15) is 0 Å². The van der Waals surface area contributed by atoms with Gasteiger partial charge >= 0.3 is 0 Å². The molecule has 0 bridgehead atoms. The zero-order valence-electron chi connectivity index (χ0n) is 13.3. The topological polar surface area (TPSA) is 44.5 Å². The van der Waals surface area contributed by atoms with Crippen LogP contribution in [-0.2, 0) is 6.61 Å². The van der Waals surface area contributed by atoms with Gasteiger partial charge in [-0.2, -0.15) is 0 Å². The molecule has 0 aliphatic heterocycles. The van der Waals surface area contributed by atoms with Crippen molar-refractivity contribution in [2.75, 3.05) is 7.11 Å². The first kappa shape index (κ1) is 18.3. The zero-order chi connectivity index (χ0) is 16.1. The minimum Gasteiger partial charge on any atom is -0.493 e. The minimum absolute atomic E-state index is 0. The Morgan fingerprint density at radius 2 is 1.79 bits per heavy atom. The summed E-state index contributed by atoms with van der Waals surface area (Å²) in [6.45, 7) is 0.507. The molecule has 1 aromatic heterocycles. The molecule has 0 fully saturated rings. The van der Waals surface area contributed by atoms with Crippen LogP contribution in [0.4, 0.5) is 0 Å². The van der Waals surface area contributed by atoms with Gasteiger partial charge in [0, 0.05) is 4.88 Å². The van der Waals surface area contributed by atoms with Crippen LogP contribution < -0.4 is 15.2 Å². The largest absolute Gasteiger partial charge is 0.493 e. The Balaban J connectivity index is 0.00000208. The van der Waals surface area contributed by atoms with Gasteiger partial charge in [0.15, 0.2) is 11.5 Å². The maximum Gasteiger partial charge on any atom is 0.161 e. The van der Waals surface area contributed by atoms with Gasteiger partial charge in [-0.3, -0.25) is 0 Å². The second kappa shape index (κ2) is 8.73. The molecule has 0 amide bonds. The molecule has 3 rings (SSSR count). The van der Waals surface area contributed by atoms with Crippen LogP contribution in [0.5, 0.6) is 11.5 Å². The van der Waals surface area contributed by atoms with E-state index in [-0.39, 0.29) is 18.4 Å². The quantitative estimate of drug-likeness (QED) is 0.685. The predicted octanol–water partition coefficient (Wildman–Crippen LogP) is 4.81. The molecule has 5 heteroatoms. The van der Waals surface area contributed by atoms with Crippen LogP contribution in [0.3, 0.4) is 0 Å². The highest BCUT2D eigenvalue weighted by atomic mass is 35.5. The van der Waals surface area contributed by atoms with E-state index in [4.69, 9.17) is 15.2 Å². The SMILES string of the molecule is COc1cc([C@H](N)c2cccs2)ccc1OCc1ccccc1.Cl. The number of methoxy groups -OCH3 is 1. The first-order valence-corrected chi connectivity index (χ1v) is 8.29. The van der Waals surface area contributed by atoms with Gasteiger partial charge < -0.3 is 15.2 Å². The van der Waals surface area contributed by atoms with Gasteiger partial charge in [0.05, 0.1) is 13.2 Å². The highest BCUT2D eigenvalue weighted by Gasteiger charge is 2.13. The van der Waals surface area contributed by atoms with Crippen LogP contribution in [0, 0.1) is 0 Å². The minimum atomic E-state index is -0.146. The fraction of sp³-hybridized carbons (Fsp3) is 0.158. The Morgan fingerprint density at radius 1 is 1.00 bits per heavy atom. The van der Waals surface area contributed by atoms with Crippen molar-refractivity contribution in [2.24, 2.45) is 5.73 Å². The molecule has 0 saturated carbocycles. The first-order valence-electron chi connectivity index (χ1n) is 7.41. The number of halogens is 1. The Labute approximate surface area is 152 Å². The van der Waals surface area contributed by atoms with Gasteiger partial charge in [-0.15, -0.1) is 23.7 Å². The van der Waals surface area contributed by atoms with Crippen LogP contribution in [-0.4, -0.2) is 7.11 Å². The van der Waals surface area contributed by atoms with Crippen molar-refractivity contribution in [1.82, 2.24) is 0 Å². The number of rotatable bonds is 6. The van der Waals surface area contributed by atoms with Gasteiger partial charge in [0.25, 0.3) is 0 Å². The Bertz CT molecular complexity index is 747. The van der Waals surface area contributed by atoms with Crippen molar-refractivity contribution in [3.05, 3.63) is 82.0 Å². The smallest absolute Gasteiger partial charge is 0.161 e. The van der Waals surface area contributed by atoms with Crippen LogP contribution >= 0.6 is 23.7 Å². The molecule has 0 spiro atoms. The fourth-order valence-corrected chi connectivity index (χ4v) is 3.12. The lowest BCUT2D eigenvalue weighted by molar-refractivity contribution is 0.284. The van der Waals surface area contributed by atoms with E-state index in [1.54, 1.807) is 18.4 Å². The van der Waals surface area contributed by atoms with Crippen molar-refractivity contribution < 1.29 is 9.47 Å². The summed E-state index contributed by atoms with van der Waals surface area (Å²) in [4.78, 5) is 1.13. The summed E-state index contributed by atoms with van der Waals surface area (Å²) in [5, 5.41) is 2.03. The lowest BCUT2D eigenvalue weighted by Gasteiger charge is -2.15. The third-order valence-corrected chi connectivity index (χ3v) is 4.59.